The molecule has 1 unspecified atom stereocenters. The third kappa shape index (κ3) is 2.55. The average Bonchev–Trinajstić information content (AvgIpc) is 2.30. The van der Waals surface area contributed by atoms with E-state index in [1.807, 2.05) is 54.6 Å². The Balaban J connectivity index is 2.33. The van der Waals surface area contributed by atoms with Crippen molar-refractivity contribution in [2.24, 2.45) is 0 Å². The van der Waals surface area contributed by atoms with Crippen LogP contribution >= 0.6 is 15.9 Å². The van der Waals surface area contributed by atoms with Gasteiger partial charge in [0.1, 0.15) is 0 Å². The number of hydrogen-bond donors (Lipinski definition) is 0. The minimum absolute atomic E-state index is 0.824. The van der Waals surface area contributed by atoms with E-state index in [2.05, 4.69) is 15.9 Å². The van der Waals surface area contributed by atoms with Gasteiger partial charge in [-0.25, -0.2) is 4.21 Å². The second-order valence-electron chi connectivity index (χ2n) is 3.04. The molecule has 0 bridgehead atoms. The van der Waals surface area contributed by atoms with E-state index >= 15 is 0 Å². The Bertz CT molecular complexity index is 465. The monoisotopic (exact) mass is 280 g/mol. The van der Waals surface area contributed by atoms with Crippen molar-refractivity contribution in [3.05, 3.63) is 59.1 Å². The van der Waals surface area contributed by atoms with Crippen LogP contribution in [0.2, 0.25) is 0 Å². The maximum absolute atomic E-state index is 12.1. The van der Waals surface area contributed by atoms with E-state index in [1.165, 1.54) is 0 Å². The van der Waals surface area contributed by atoms with Gasteiger partial charge in [-0.15, -0.1) is 0 Å². The zero-order valence-corrected chi connectivity index (χ0v) is 10.3. The van der Waals surface area contributed by atoms with Gasteiger partial charge in [0.15, 0.2) is 0 Å². The smallest absolute Gasteiger partial charge is 0.0849 e. The fraction of sp³-hybridized carbons (Fsp3) is 0. The van der Waals surface area contributed by atoms with E-state index in [-0.39, 0.29) is 0 Å². The first-order valence-electron chi connectivity index (χ1n) is 4.50. The lowest BCUT2D eigenvalue weighted by Gasteiger charge is -2.01. The Morgan fingerprint density at radius 3 is 1.93 bits per heavy atom. The van der Waals surface area contributed by atoms with Gasteiger partial charge in [-0.2, -0.15) is 0 Å². The summed E-state index contributed by atoms with van der Waals surface area (Å²) in [5, 5.41) is 0. The second-order valence-corrected chi connectivity index (χ2v) is 5.43. The summed E-state index contributed by atoms with van der Waals surface area (Å²) in [7, 11) is -1.08. The fourth-order valence-corrected chi connectivity index (χ4v) is 2.56. The molecule has 2 aromatic carbocycles. The van der Waals surface area contributed by atoms with E-state index in [0.717, 1.165) is 14.3 Å². The van der Waals surface area contributed by atoms with Gasteiger partial charge in [0.25, 0.3) is 0 Å². The predicted octanol–water partition coefficient (Wildman–Crippen LogP) is 3.62. The Kier molecular flexibility index (Phi) is 3.34. The number of benzene rings is 2. The molecule has 76 valence electrons. The molecule has 0 amide bonds. The average molecular weight is 281 g/mol. The van der Waals surface area contributed by atoms with Crippen LogP contribution in [0, 0.1) is 0 Å². The molecule has 0 aliphatic carbocycles. The zero-order valence-electron chi connectivity index (χ0n) is 7.89. The minimum atomic E-state index is -1.08. The molecule has 15 heavy (non-hydrogen) atoms. The van der Waals surface area contributed by atoms with E-state index in [0.29, 0.717) is 0 Å². The molecule has 3 heteroatoms. The lowest BCUT2D eigenvalue weighted by molar-refractivity contribution is 0.683. The van der Waals surface area contributed by atoms with E-state index < -0.39 is 10.8 Å². The molecular formula is C12H9BrOS. The maximum atomic E-state index is 12.1. The van der Waals surface area contributed by atoms with Gasteiger partial charge < -0.3 is 0 Å². The summed E-state index contributed by atoms with van der Waals surface area (Å²) in [6.45, 7) is 0. The summed E-state index contributed by atoms with van der Waals surface area (Å²) in [5.74, 6) is 0. The van der Waals surface area contributed by atoms with Crippen molar-refractivity contribution in [2.45, 2.75) is 9.79 Å². The summed E-state index contributed by atoms with van der Waals surface area (Å²) in [4.78, 5) is 1.66. The molecule has 0 aromatic heterocycles. The number of hydrogen-bond acceptors (Lipinski definition) is 1. The predicted molar refractivity (Wildman–Crippen MR) is 65.3 cm³/mol. The first-order valence-corrected chi connectivity index (χ1v) is 6.44. The van der Waals surface area contributed by atoms with Gasteiger partial charge in [0.2, 0.25) is 0 Å². The Morgan fingerprint density at radius 2 is 1.33 bits per heavy atom. The number of halogens is 1. The molecule has 0 radical (unpaired) electrons. The highest BCUT2D eigenvalue weighted by Crippen LogP contribution is 2.18. The van der Waals surface area contributed by atoms with Gasteiger partial charge >= 0.3 is 0 Å². The summed E-state index contributed by atoms with van der Waals surface area (Å²) in [6.07, 6.45) is 0. The van der Waals surface area contributed by atoms with E-state index in [4.69, 9.17) is 0 Å². The Hall–Kier alpha value is -0.930. The lowest BCUT2D eigenvalue weighted by Crippen LogP contribution is -1.91. The van der Waals surface area contributed by atoms with E-state index in [1.54, 1.807) is 0 Å². The lowest BCUT2D eigenvalue weighted by atomic mass is 10.4. The van der Waals surface area contributed by atoms with Gasteiger partial charge in [-0.3, -0.25) is 0 Å². The summed E-state index contributed by atoms with van der Waals surface area (Å²) >= 11 is 3.35. The van der Waals surface area contributed by atoms with Gasteiger partial charge in [-0.05, 0) is 36.4 Å². The highest BCUT2D eigenvalue weighted by atomic mass is 79.9. The first-order chi connectivity index (χ1) is 7.27. The largest absolute Gasteiger partial charge is 0.249 e. The molecule has 0 heterocycles. The molecule has 1 atom stereocenters. The normalized spacial score (nSPS) is 12.3. The third-order valence-electron chi connectivity index (χ3n) is 1.98. The molecule has 0 fully saturated rings. The van der Waals surface area contributed by atoms with Crippen LogP contribution in [0.15, 0.2) is 68.9 Å². The van der Waals surface area contributed by atoms with Gasteiger partial charge in [-0.1, -0.05) is 34.1 Å². The third-order valence-corrected chi connectivity index (χ3v) is 3.91. The quantitative estimate of drug-likeness (QED) is 0.821. The van der Waals surface area contributed by atoms with Crippen LogP contribution in [-0.2, 0) is 10.8 Å². The SMILES string of the molecule is O=S(c1ccccc1)c1ccc(Br)cc1. The molecule has 2 aromatic rings. The zero-order chi connectivity index (χ0) is 10.7. The van der Waals surface area contributed by atoms with Crippen LogP contribution in [0.1, 0.15) is 0 Å². The summed E-state index contributed by atoms with van der Waals surface area (Å²) in [5.41, 5.74) is 0. The highest BCUT2D eigenvalue weighted by Gasteiger charge is 2.05. The van der Waals surface area contributed by atoms with Crippen molar-refractivity contribution in [1.82, 2.24) is 0 Å². The molecule has 1 nitrogen and oxygen atoms in total. The first kappa shape index (κ1) is 10.6. The van der Waals surface area contributed by atoms with Crippen molar-refractivity contribution < 1.29 is 4.21 Å². The molecule has 0 aliphatic heterocycles. The van der Waals surface area contributed by atoms with Crippen molar-refractivity contribution in [1.29, 1.82) is 0 Å². The highest BCUT2D eigenvalue weighted by molar-refractivity contribution is 9.10. The van der Waals surface area contributed by atoms with Crippen LogP contribution in [0.5, 0.6) is 0 Å². The van der Waals surface area contributed by atoms with Crippen LogP contribution in [0.3, 0.4) is 0 Å². The molecule has 2 rings (SSSR count). The number of rotatable bonds is 2. The Morgan fingerprint density at radius 1 is 0.800 bits per heavy atom. The van der Waals surface area contributed by atoms with Crippen molar-refractivity contribution in [3.63, 3.8) is 0 Å². The van der Waals surface area contributed by atoms with Crippen molar-refractivity contribution in [2.75, 3.05) is 0 Å². The second kappa shape index (κ2) is 4.73. The standard InChI is InChI=1S/C12H9BrOS/c13-10-6-8-12(9-7-10)15(14)11-4-2-1-3-5-11/h1-9H. The van der Waals surface area contributed by atoms with Crippen LogP contribution in [-0.4, -0.2) is 4.21 Å². The van der Waals surface area contributed by atoms with E-state index in [9.17, 15) is 4.21 Å². The van der Waals surface area contributed by atoms with Gasteiger partial charge in [0.05, 0.1) is 10.8 Å². The summed E-state index contributed by atoms with van der Waals surface area (Å²) < 4.78 is 13.0. The van der Waals surface area contributed by atoms with Crippen LogP contribution in [0.25, 0.3) is 0 Å². The molecule has 0 aliphatic rings. The van der Waals surface area contributed by atoms with Crippen molar-refractivity contribution in [3.8, 4) is 0 Å². The molecule has 0 N–H and O–H groups in total. The molecular weight excluding hydrogens is 272 g/mol. The van der Waals surface area contributed by atoms with Crippen LogP contribution in [0.4, 0.5) is 0 Å². The maximum Gasteiger partial charge on any atom is 0.0849 e. The topological polar surface area (TPSA) is 17.1 Å². The van der Waals surface area contributed by atoms with Crippen molar-refractivity contribution >= 4 is 26.7 Å². The fourth-order valence-electron chi connectivity index (χ4n) is 1.24. The Labute approximate surface area is 99.7 Å². The molecule has 0 spiro atoms. The molecule has 0 saturated heterocycles. The van der Waals surface area contributed by atoms with Gasteiger partial charge in [0, 0.05) is 14.3 Å². The molecule has 0 saturated carbocycles. The summed E-state index contributed by atoms with van der Waals surface area (Å²) in [6, 6.07) is 17.0. The minimum Gasteiger partial charge on any atom is -0.249 e. The van der Waals surface area contributed by atoms with Crippen LogP contribution < -0.4 is 0 Å².